The molecule has 1 unspecified atom stereocenters. The van der Waals surface area contributed by atoms with E-state index in [0.29, 0.717) is 25.2 Å². The third kappa shape index (κ3) is 2.50. The molecule has 1 atom stereocenters. The number of likely N-dealkylation sites (N-methyl/N-ethyl adjacent to an activating group) is 1. The van der Waals surface area contributed by atoms with Crippen LogP contribution in [-0.2, 0) is 10.0 Å². The zero-order valence-electron chi connectivity index (χ0n) is 11.9. The van der Waals surface area contributed by atoms with Gasteiger partial charge < -0.3 is 9.32 Å². The van der Waals surface area contributed by atoms with Crippen molar-refractivity contribution in [1.82, 2.24) is 14.2 Å². The first kappa shape index (κ1) is 14.3. The average molecular weight is 311 g/mol. The van der Waals surface area contributed by atoms with E-state index in [1.54, 1.807) is 6.07 Å². The lowest BCUT2D eigenvalue weighted by Crippen LogP contribution is -2.51. The smallest absolute Gasteiger partial charge is 0.408 e. The number of hydrogen-bond donors (Lipinski definition) is 1. The molecule has 1 N–H and O–H groups in total. The maximum Gasteiger partial charge on any atom is 0.417 e. The van der Waals surface area contributed by atoms with E-state index in [-0.39, 0.29) is 16.5 Å². The third-order valence-corrected chi connectivity index (χ3v) is 5.81. The van der Waals surface area contributed by atoms with Crippen molar-refractivity contribution >= 4 is 21.1 Å². The molecule has 1 aromatic heterocycles. The molecule has 0 spiro atoms. The van der Waals surface area contributed by atoms with Crippen molar-refractivity contribution in [3.8, 4) is 0 Å². The van der Waals surface area contributed by atoms with Gasteiger partial charge in [0.2, 0.25) is 10.0 Å². The number of piperazine rings is 1. The fourth-order valence-corrected chi connectivity index (χ4v) is 4.00. The summed E-state index contributed by atoms with van der Waals surface area (Å²) in [6, 6.07) is 4.60. The molecule has 0 aliphatic carbocycles. The van der Waals surface area contributed by atoms with Crippen molar-refractivity contribution in [2.45, 2.75) is 17.9 Å². The SMILES string of the molecule is CC1CN(S(=O)(=O)c2ccc3[nH]c(=O)oc3c2)CCN1C. The maximum absolute atomic E-state index is 12.7. The van der Waals surface area contributed by atoms with Crippen LogP contribution in [0, 0.1) is 0 Å². The number of H-pyrrole nitrogens is 1. The Bertz CT molecular complexity index is 823. The molecule has 1 saturated heterocycles. The summed E-state index contributed by atoms with van der Waals surface area (Å²) in [5.74, 6) is -0.590. The first-order valence-corrected chi connectivity index (χ1v) is 8.15. The highest BCUT2D eigenvalue weighted by molar-refractivity contribution is 7.89. The van der Waals surface area contributed by atoms with Gasteiger partial charge in [-0.3, -0.25) is 4.98 Å². The Labute approximate surface area is 122 Å². The monoisotopic (exact) mass is 311 g/mol. The highest BCUT2D eigenvalue weighted by atomic mass is 32.2. The Balaban J connectivity index is 1.97. The Morgan fingerprint density at radius 1 is 1.33 bits per heavy atom. The highest BCUT2D eigenvalue weighted by Gasteiger charge is 2.31. The van der Waals surface area contributed by atoms with Crippen LogP contribution in [0.1, 0.15) is 6.92 Å². The zero-order chi connectivity index (χ0) is 15.2. The van der Waals surface area contributed by atoms with Crippen molar-refractivity contribution in [2.24, 2.45) is 0 Å². The number of rotatable bonds is 2. The molecule has 114 valence electrons. The number of aromatic nitrogens is 1. The van der Waals surface area contributed by atoms with Crippen LogP contribution < -0.4 is 5.76 Å². The van der Waals surface area contributed by atoms with Crippen LogP contribution >= 0.6 is 0 Å². The molecule has 0 amide bonds. The first-order chi connectivity index (χ1) is 9.88. The number of fused-ring (bicyclic) bond motifs is 1. The number of nitrogens with zero attached hydrogens (tertiary/aromatic N) is 2. The van der Waals surface area contributed by atoms with E-state index in [4.69, 9.17) is 4.42 Å². The average Bonchev–Trinajstić information content (AvgIpc) is 2.80. The number of hydrogen-bond acceptors (Lipinski definition) is 5. The van der Waals surface area contributed by atoms with Crippen LogP contribution in [0.5, 0.6) is 0 Å². The van der Waals surface area contributed by atoms with Gasteiger partial charge in [0, 0.05) is 31.7 Å². The molecule has 8 heteroatoms. The number of aromatic amines is 1. The van der Waals surface area contributed by atoms with Crippen molar-refractivity contribution in [1.29, 1.82) is 0 Å². The van der Waals surface area contributed by atoms with Gasteiger partial charge in [0.25, 0.3) is 0 Å². The number of nitrogens with one attached hydrogen (secondary N) is 1. The van der Waals surface area contributed by atoms with Gasteiger partial charge in [0.15, 0.2) is 5.58 Å². The molecule has 3 rings (SSSR count). The van der Waals surface area contributed by atoms with Crippen LogP contribution in [0.15, 0.2) is 32.3 Å². The van der Waals surface area contributed by atoms with Gasteiger partial charge in [-0.2, -0.15) is 4.31 Å². The second-order valence-electron chi connectivity index (χ2n) is 5.37. The summed E-state index contributed by atoms with van der Waals surface area (Å²) < 4.78 is 31.7. The van der Waals surface area contributed by atoms with Crippen molar-refractivity contribution in [3.05, 3.63) is 28.7 Å². The van der Waals surface area contributed by atoms with Crippen molar-refractivity contribution < 1.29 is 12.8 Å². The molecule has 2 aromatic rings. The van der Waals surface area contributed by atoms with E-state index in [2.05, 4.69) is 9.88 Å². The van der Waals surface area contributed by atoms with Gasteiger partial charge in [0.05, 0.1) is 10.4 Å². The molecule has 0 radical (unpaired) electrons. The predicted octanol–water partition coefficient (Wildman–Crippen LogP) is 0.446. The molecule has 1 aliphatic rings. The summed E-state index contributed by atoms with van der Waals surface area (Å²) in [6.45, 7) is 3.60. The van der Waals surface area contributed by atoms with Crippen LogP contribution in [0.2, 0.25) is 0 Å². The van der Waals surface area contributed by atoms with E-state index in [0.717, 1.165) is 0 Å². The van der Waals surface area contributed by atoms with Crippen LogP contribution in [0.4, 0.5) is 0 Å². The molecular formula is C13H17N3O4S. The minimum Gasteiger partial charge on any atom is -0.408 e. The highest BCUT2D eigenvalue weighted by Crippen LogP contribution is 2.22. The molecule has 0 bridgehead atoms. The molecule has 1 fully saturated rings. The van der Waals surface area contributed by atoms with E-state index in [1.165, 1.54) is 16.4 Å². The van der Waals surface area contributed by atoms with Crippen LogP contribution in [0.25, 0.3) is 11.1 Å². The first-order valence-electron chi connectivity index (χ1n) is 6.71. The summed E-state index contributed by atoms with van der Waals surface area (Å²) in [4.78, 5) is 15.9. The molecule has 2 heterocycles. The second-order valence-corrected chi connectivity index (χ2v) is 7.30. The normalized spacial score (nSPS) is 21.9. The molecule has 1 aliphatic heterocycles. The van der Waals surface area contributed by atoms with Gasteiger partial charge in [-0.15, -0.1) is 0 Å². The summed E-state index contributed by atoms with van der Waals surface area (Å²) in [6.07, 6.45) is 0. The van der Waals surface area contributed by atoms with Gasteiger partial charge in [-0.25, -0.2) is 13.2 Å². The number of oxazole rings is 1. The maximum atomic E-state index is 12.7. The lowest BCUT2D eigenvalue weighted by atomic mass is 10.2. The molecule has 0 saturated carbocycles. The molecule has 21 heavy (non-hydrogen) atoms. The van der Waals surface area contributed by atoms with E-state index in [9.17, 15) is 13.2 Å². The molecule has 7 nitrogen and oxygen atoms in total. The third-order valence-electron chi connectivity index (χ3n) is 3.95. The topological polar surface area (TPSA) is 86.6 Å². The van der Waals surface area contributed by atoms with Gasteiger partial charge in [-0.05, 0) is 26.1 Å². The van der Waals surface area contributed by atoms with Gasteiger partial charge >= 0.3 is 5.76 Å². The summed E-state index contributed by atoms with van der Waals surface area (Å²) >= 11 is 0. The lowest BCUT2D eigenvalue weighted by molar-refractivity contribution is 0.159. The van der Waals surface area contributed by atoms with Crippen LogP contribution in [-0.4, -0.2) is 55.3 Å². The van der Waals surface area contributed by atoms with Gasteiger partial charge in [0.1, 0.15) is 0 Å². The fraction of sp³-hybridized carbons (Fsp3) is 0.462. The van der Waals surface area contributed by atoms with Crippen molar-refractivity contribution in [2.75, 3.05) is 26.7 Å². The Morgan fingerprint density at radius 3 is 2.81 bits per heavy atom. The second kappa shape index (κ2) is 4.97. The summed E-state index contributed by atoms with van der Waals surface area (Å²) in [7, 11) is -1.59. The lowest BCUT2D eigenvalue weighted by Gasteiger charge is -2.36. The predicted molar refractivity (Wildman–Crippen MR) is 77.7 cm³/mol. The summed E-state index contributed by atoms with van der Waals surface area (Å²) in [5, 5.41) is 0. The minimum atomic E-state index is -3.57. The Kier molecular flexibility index (Phi) is 3.39. The zero-order valence-corrected chi connectivity index (χ0v) is 12.7. The Hall–Kier alpha value is -1.64. The fourth-order valence-electron chi connectivity index (χ4n) is 2.47. The minimum absolute atomic E-state index is 0.148. The quantitative estimate of drug-likeness (QED) is 0.870. The largest absolute Gasteiger partial charge is 0.417 e. The molecular weight excluding hydrogens is 294 g/mol. The van der Waals surface area contributed by atoms with Gasteiger partial charge in [-0.1, -0.05) is 0 Å². The van der Waals surface area contributed by atoms with E-state index >= 15 is 0 Å². The summed E-state index contributed by atoms with van der Waals surface area (Å²) in [5.41, 5.74) is 0.744. The molecule has 1 aromatic carbocycles. The number of sulfonamides is 1. The van der Waals surface area contributed by atoms with E-state index < -0.39 is 15.8 Å². The van der Waals surface area contributed by atoms with E-state index in [1.807, 2.05) is 14.0 Å². The Morgan fingerprint density at radius 2 is 2.10 bits per heavy atom. The van der Waals surface area contributed by atoms with Crippen molar-refractivity contribution in [3.63, 3.8) is 0 Å². The standard InChI is InChI=1S/C13H17N3O4S/c1-9-8-16(6-5-15(9)2)21(18,19)10-3-4-11-12(7-10)20-13(17)14-11/h3-4,7,9H,5-6,8H2,1-2H3,(H,14,17). The van der Waals surface area contributed by atoms with Crippen LogP contribution in [0.3, 0.4) is 0 Å². The number of benzene rings is 1.